The Morgan fingerprint density at radius 1 is 1.04 bits per heavy atom. The predicted octanol–water partition coefficient (Wildman–Crippen LogP) is 4.66. The van der Waals surface area contributed by atoms with Crippen molar-refractivity contribution in [2.45, 2.75) is 25.7 Å². The minimum Gasteiger partial charge on any atom is -0.515 e. The topological polar surface area (TPSA) is 49.7 Å². The zero-order chi connectivity index (χ0) is 16.2. The van der Waals surface area contributed by atoms with Crippen LogP contribution in [0, 0.1) is 6.92 Å². The monoisotopic (exact) mass is 305 g/mol. The van der Waals surface area contributed by atoms with Crippen molar-refractivity contribution in [2.24, 2.45) is 4.99 Å². The highest BCUT2D eigenvalue weighted by Gasteiger charge is 2.30. The maximum Gasteiger partial charge on any atom is 0.168 e. The van der Waals surface area contributed by atoms with Crippen LogP contribution in [-0.4, -0.2) is 16.6 Å². The fraction of sp³-hybridized carbons (Fsp3) is 0.200. The number of Topliss-reactive ketones (excluding diaryl/α,β-unsaturated/α-hetero) is 1. The van der Waals surface area contributed by atoms with Crippen molar-refractivity contribution < 1.29 is 9.90 Å². The standard InChI is InChI=1S/C20H19NO2/c1-14-7-9-17(10-8-14)21-19-11-16(12-20(23)18(19)13-22)15-5-3-2-4-6-15/h2-10,13,16,22H,11-12H2,1H3/b18-13-,21-19?. The number of benzene rings is 2. The summed E-state index contributed by atoms with van der Waals surface area (Å²) >= 11 is 0. The van der Waals surface area contributed by atoms with E-state index in [-0.39, 0.29) is 11.7 Å². The van der Waals surface area contributed by atoms with Crippen LogP contribution in [0.1, 0.15) is 29.9 Å². The van der Waals surface area contributed by atoms with E-state index in [1.807, 2.05) is 61.5 Å². The molecule has 1 fully saturated rings. The van der Waals surface area contributed by atoms with E-state index in [0.29, 0.717) is 24.1 Å². The van der Waals surface area contributed by atoms with Crippen LogP contribution in [0.25, 0.3) is 0 Å². The van der Waals surface area contributed by atoms with Gasteiger partial charge in [-0.15, -0.1) is 0 Å². The third kappa shape index (κ3) is 3.39. The quantitative estimate of drug-likeness (QED) is 0.648. The second-order valence-electron chi connectivity index (χ2n) is 5.88. The zero-order valence-corrected chi connectivity index (χ0v) is 13.1. The summed E-state index contributed by atoms with van der Waals surface area (Å²) in [4.78, 5) is 17.0. The van der Waals surface area contributed by atoms with Gasteiger partial charge in [-0.1, -0.05) is 48.0 Å². The first kappa shape index (κ1) is 15.2. The molecule has 0 aromatic heterocycles. The maximum absolute atomic E-state index is 12.4. The highest BCUT2D eigenvalue weighted by molar-refractivity contribution is 6.24. The van der Waals surface area contributed by atoms with Gasteiger partial charge in [0, 0.05) is 6.42 Å². The van der Waals surface area contributed by atoms with E-state index < -0.39 is 0 Å². The number of carbonyl (C=O) groups is 1. The first-order valence-electron chi connectivity index (χ1n) is 7.74. The first-order valence-corrected chi connectivity index (χ1v) is 7.74. The summed E-state index contributed by atoms with van der Waals surface area (Å²) in [7, 11) is 0. The lowest BCUT2D eigenvalue weighted by Gasteiger charge is -2.24. The van der Waals surface area contributed by atoms with Gasteiger partial charge in [0.05, 0.1) is 23.2 Å². The largest absolute Gasteiger partial charge is 0.515 e. The average molecular weight is 305 g/mol. The summed E-state index contributed by atoms with van der Waals surface area (Å²) in [6, 6.07) is 17.8. The Bertz CT molecular complexity index is 758. The molecule has 1 unspecified atom stereocenters. The SMILES string of the molecule is Cc1ccc(N=C2CC(c3ccccc3)CC(=O)/C2=C\O)cc1. The van der Waals surface area contributed by atoms with E-state index >= 15 is 0 Å². The van der Waals surface area contributed by atoms with E-state index in [2.05, 4.69) is 4.99 Å². The molecule has 1 saturated carbocycles. The van der Waals surface area contributed by atoms with Gasteiger partial charge >= 0.3 is 0 Å². The van der Waals surface area contributed by atoms with Gasteiger partial charge in [-0.25, -0.2) is 0 Å². The van der Waals surface area contributed by atoms with Crippen molar-refractivity contribution >= 4 is 17.2 Å². The van der Waals surface area contributed by atoms with Crippen molar-refractivity contribution in [2.75, 3.05) is 0 Å². The molecule has 23 heavy (non-hydrogen) atoms. The van der Waals surface area contributed by atoms with Crippen LogP contribution in [0.2, 0.25) is 0 Å². The van der Waals surface area contributed by atoms with Crippen molar-refractivity contribution in [1.29, 1.82) is 0 Å². The third-order valence-electron chi connectivity index (χ3n) is 4.18. The van der Waals surface area contributed by atoms with Crippen molar-refractivity contribution in [3.05, 3.63) is 77.6 Å². The summed E-state index contributed by atoms with van der Waals surface area (Å²) in [5.41, 5.74) is 4.08. The number of aryl methyl sites for hydroxylation is 1. The lowest BCUT2D eigenvalue weighted by Crippen LogP contribution is -2.25. The van der Waals surface area contributed by atoms with Gasteiger partial charge in [-0.3, -0.25) is 9.79 Å². The molecular formula is C20H19NO2. The van der Waals surface area contributed by atoms with Crippen LogP contribution < -0.4 is 0 Å². The summed E-state index contributed by atoms with van der Waals surface area (Å²) in [5, 5.41) is 9.45. The van der Waals surface area contributed by atoms with Gasteiger partial charge < -0.3 is 5.11 Å². The summed E-state index contributed by atoms with van der Waals surface area (Å²) in [6.07, 6.45) is 1.95. The molecule has 3 nitrogen and oxygen atoms in total. The Morgan fingerprint density at radius 3 is 2.39 bits per heavy atom. The van der Waals surface area contributed by atoms with Gasteiger partial charge in [0.2, 0.25) is 0 Å². The number of aliphatic hydroxyl groups excluding tert-OH is 1. The van der Waals surface area contributed by atoms with Gasteiger partial charge in [0.15, 0.2) is 5.78 Å². The molecule has 1 aliphatic rings. The predicted molar refractivity (Wildman–Crippen MR) is 92.4 cm³/mol. The first-order chi connectivity index (χ1) is 11.2. The van der Waals surface area contributed by atoms with E-state index in [1.54, 1.807) is 0 Å². The Morgan fingerprint density at radius 2 is 1.74 bits per heavy atom. The van der Waals surface area contributed by atoms with Crippen LogP contribution in [0.15, 0.2) is 71.4 Å². The molecular weight excluding hydrogens is 286 g/mol. The van der Waals surface area contributed by atoms with Crippen molar-refractivity contribution in [3.8, 4) is 0 Å². The van der Waals surface area contributed by atoms with Gasteiger partial charge in [-0.2, -0.15) is 0 Å². The number of ketones is 1. The van der Waals surface area contributed by atoms with E-state index in [1.165, 1.54) is 0 Å². The minimum atomic E-state index is -0.0570. The van der Waals surface area contributed by atoms with Crippen LogP contribution in [0.3, 0.4) is 0 Å². The smallest absolute Gasteiger partial charge is 0.168 e. The van der Waals surface area contributed by atoms with Crippen LogP contribution in [0.5, 0.6) is 0 Å². The highest BCUT2D eigenvalue weighted by atomic mass is 16.2. The summed E-state index contributed by atoms with van der Waals surface area (Å²) < 4.78 is 0. The second kappa shape index (κ2) is 6.61. The molecule has 1 aliphatic carbocycles. The number of aliphatic imine (C=N–C) groups is 1. The average Bonchev–Trinajstić information content (AvgIpc) is 2.57. The van der Waals surface area contributed by atoms with Crippen LogP contribution in [0.4, 0.5) is 5.69 Å². The molecule has 0 aliphatic heterocycles. The molecule has 2 aromatic rings. The molecule has 0 spiro atoms. The van der Waals surface area contributed by atoms with Gasteiger partial charge in [-0.05, 0) is 37.0 Å². The van der Waals surface area contributed by atoms with Crippen molar-refractivity contribution in [1.82, 2.24) is 0 Å². The van der Waals surface area contributed by atoms with Crippen molar-refractivity contribution in [3.63, 3.8) is 0 Å². The number of hydrogen-bond donors (Lipinski definition) is 1. The third-order valence-corrected chi connectivity index (χ3v) is 4.18. The van der Waals surface area contributed by atoms with E-state index in [4.69, 9.17) is 0 Å². The zero-order valence-electron chi connectivity index (χ0n) is 13.1. The molecule has 3 rings (SSSR count). The fourth-order valence-corrected chi connectivity index (χ4v) is 2.90. The number of allylic oxidation sites excluding steroid dienone is 1. The number of aliphatic hydroxyl groups is 1. The summed E-state index contributed by atoms with van der Waals surface area (Å²) in [5.74, 6) is 0.0510. The van der Waals surface area contributed by atoms with Gasteiger partial charge in [0.1, 0.15) is 0 Å². The highest BCUT2D eigenvalue weighted by Crippen LogP contribution is 2.33. The van der Waals surface area contributed by atoms with E-state index in [9.17, 15) is 9.90 Å². The molecule has 1 N–H and O–H groups in total. The molecule has 1 atom stereocenters. The lowest BCUT2D eigenvalue weighted by atomic mass is 9.80. The Labute approximate surface area is 136 Å². The molecule has 0 amide bonds. The molecule has 116 valence electrons. The molecule has 0 saturated heterocycles. The molecule has 0 bridgehead atoms. The van der Waals surface area contributed by atoms with Crippen LogP contribution in [-0.2, 0) is 4.79 Å². The normalized spacial score (nSPS) is 21.8. The fourth-order valence-electron chi connectivity index (χ4n) is 2.90. The molecule has 0 radical (unpaired) electrons. The molecule has 3 heteroatoms. The number of hydrogen-bond acceptors (Lipinski definition) is 3. The summed E-state index contributed by atoms with van der Waals surface area (Å²) in [6.45, 7) is 2.02. The maximum atomic E-state index is 12.4. The lowest BCUT2D eigenvalue weighted by molar-refractivity contribution is -0.115. The molecule has 2 aromatic carbocycles. The Balaban J connectivity index is 1.95. The van der Waals surface area contributed by atoms with Gasteiger partial charge in [0.25, 0.3) is 0 Å². The molecule has 0 heterocycles. The number of rotatable bonds is 2. The second-order valence-corrected chi connectivity index (χ2v) is 5.88. The number of carbonyl (C=O) groups excluding carboxylic acids is 1. The van der Waals surface area contributed by atoms with Crippen LogP contribution >= 0.6 is 0 Å². The Hall–Kier alpha value is -2.68. The number of nitrogens with zero attached hydrogens (tertiary/aromatic N) is 1. The van der Waals surface area contributed by atoms with E-state index in [0.717, 1.165) is 23.1 Å². The minimum absolute atomic E-state index is 0.0570. The Kier molecular flexibility index (Phi) is 4.38.